The highest BCUT2D eigenvalue weighted by molar-refractivity contribution is 5.85. The van der Waals surface area contributed by atoms with E-state index in [9.17, 15) is 0 Å². The van der Waals surface area contributed by atoms with Crippen molar-refractivity contribution in [1.29, 1.82) is 0 Å². The van der Waals surface area contributed by atoms with E-state index in [0.717, 1.165) is 0 Å². The van der Waals surface area contributed by atoms with Gasteiger partial charge in [-0.15, -0.1) is 12.4 Å². The summed E-state index contributed by atoms with van der Waals surface area (Å²) in [4.78, 5) is 7.73. The van der Waals surface area contributed by atoms with Crippen molar-refractivity contribution < 1.29 is 4.42 Å². The molecule has 2 heterocycles. The van der Waals surface area contributed by atoms with Gasteiger partial charge in [0.25, 0.3) is 6.01 Å². The summed E-state index contributed by atoms with van der Waals surface area (Å²) < 4.78 is 4.97. The SMILES string of the molecule is Cl.Nc1nc2ncccc2o1. The molecule has 2 aromatic heterocycles. The zero-order valence-electron chi connectivity index (χ0n) is 5.52. The number of oxazole rings is 1. The summed E-state index contributed by atoms with van der Waals surface area (Å²) in [6, 6.07) is 3.70. The van der Waals surface area contributed by atoms with Crippen LogP contribution in [0.15, 0.2) is 22.7 Å². The molecule has 0 saturated carbocycles. The van der Waals surface area contributed by atoms with Crippen molar-refractivity contribution in [2.75, 3.05) is 5.73 Å². The second kappa shape index (κ2) is 2.75. The molecule has 0 aliphatic heterocycles. The van der Waals surface area contributed by atoms with Crippen LogP contribution in [0, 0.1) is 0 Å². The minimum Gasteiger partial charge on any atom is -0.422 e. The Morgan fingerprint density at radius 1 is 1.45 bits per heavy atom. The van der Waals surface area contributed by atoms with Gasteiger partial charge < -0.3 is 10.2 Å². The van der Waals surface area contributed by atoms with Gasteiger partial charge in [-0.25, -0.2) is 4.98 Å². The third-order valence-corrected chi connectivity index (χ3v) is 1.18. The minimum absolute atomic E-state index is 0. The van der Waals surface area contributed by atoms with E-state index in [1.807, 2.05) is 0 Å². The zero-order valence-corrected chi connectivity index (χ0v) is 6.34. The molecule has 58 valence electrons. The highest BCUT2D eigenvalue weighted by Crippen LogP contribution is 2.12. The summed E-state index contributed by atoms with van der Waals surface area (Å²) in [5.41, 5.74) is 6.45. The fourth-order valence-corrected chi connectivity index (χ4v) is 0.786. The Morgan fingerprint density at radius 3 is 3.00 bits per heavy atom. The van der Waals surface area contributed by atoms with Gasteiger partial charge in [-0.1, -0.05) is 0 Å². The molecule has 0 saturated heterocycles. The van der Waals surface area contributed by atoms with Crippen molar-refractivity contribution in [3.63, 3.8) is 0 Å². The fraction of sp³-hybridized carbons (Fsp3) is 0. The van der Waals surface area contributed by atoms with Crippen molar-refractivity contribution in [2.24, 2.45) is 0 Å². The van der Waals surface area contributed by atoms with Gasteiger partial charge in [0.15, 0.2) is 5.58 Å². The second-order valence-corrected chi connectivity index (χ2v) is 1.88. The highest BCUT2D eigenvalue weighted by Gasteiger charge is 1.99. The van der Waals surface area contributed by atoms with Crippen molar-refractivity contribution >= 4 is 29.7 Å². The maximum Gasteiger partial charge on any atom is 0.294 e. The standard InChI is InChI=1S/C6H5N3O.ClH/c7-6-9-5-4(10-6)2-1-3-8-5;/h1-3H,(H2,7,8,9);1H. The molecule has 0 aromatic carbocycles. The lowest BCUT2D eigenvalue weighted by Crippen LogP contribution is -1.81. The van der Waals surface area contributed by atoms with E-state index in [2.05, 4.69) is 9.97 Å². The Labute approximate surface area is 68.8 Å². The molecule has 2 aromatic rings. The van der Waals surface area contributed by atoms with Crippen LogP contribution in [0.25, 0.3) is 11.2 Å². The van der Waals surface area contributed by atoms with E-state index in [1.54, 1.807) is 18.3 Å². The summed E-state index contributed by atoms with van der Waals surface area (Å²) >= 11 is 0. The van der Waals surface area contributed by atoms with Crippen LogP contribution < -0.4 is 5.73 Å². The average molecular weight is 172 g/mol. The molecule has 0 bridgehead atoms. The van der Waals surface area contributed by atoms with E-state index in [1.165, 1.54) is 0 Å². The number of hydrogen-bond acceptors (Lipinski definition) is 4. The minimum atomic E-state index is 0. The second-order valence-electron chi connectivity index (χ2n) is 1.88. The van der Waals surface area contributed by atoms with E-state index in [4.69, 9.17) is 10.2 Å². The van der Waals surface area contributed by atoms with Gasteiger partial charge in [-0.05, 0) is 12.1 Å². The van der Waals surface area contributed by atoms with Crippen molar-refractivity contribution in [3.8, 4) is 0 Å². The monoisotopic (exact) mass is 171 g/mol. The number of pyridine rings is 1. The predicted molar refractivity (Wildman–Crippen MR) is 43.5 cm³/mol. The summed E-state index contributed by atoms with van der Waals surface area (Å²) in [7, 11) is 0. The molecule has 0 amide bonds. The fourth-order valence-electron chi connectivity index (χ4n) is 0.786. The Balaban J connectivity index is 0.000000605. The molecule has 2 N–H and O–H groups in total. The number of nitrogen functional groups attached to an aromatic ring is 1. The van der Waals surface area contributed by atoms with Crippen molar-refractivity contribution in [1.82, 2.24) is 9.97 Å². The van der Waals surface area contributed by atoms with Crippen LogP contribution in [-0.2, 0) is 0 Å². The Kier molecular flexibility index (Phi) is 1.96. The first-order chi connectivity index (χ1) is 4.86. The first-order valence-corrected chi connectivity index (χ1v) is 2.83. The Morgan fingerprint density at radius 2 is 2.27 bits per heavy atom. The molecule has 0 spiro atoms. The maximum atomic E-state index is 5.27. The van der Waals surface area contributed by atoms with Gasteiger partial charge >= 0.3 is 0 Å². The quantitative estimate of drug-likeness (QED) is 0.648. The van der Waals surface area contributed by atoms with Crippen LogP contribution in [0.1, 0.15) is 0 Å². The topological polar surface area (TPSA) is 64.9 Å². The Bertz CT molecular complexity index is 326. The summed E-state index contributed by atoms with van der Waals surface area (Å²) in [5, 5.41) is 0. The van der Waals surface area contributed by atoms with Crippen LogP contribution in [0.3, 0.4) is 0 Å². The van der Waals surface area contributed by atoms with Crippen LogP contribution in [-0.4, -0.2) is 9.97 Å². The molecular formula is C6H6ClN3O. The van der Waals surface area contributed by atoms with Crippen LogP contribution in [0.5, 0.6) is 0 Å². The molecule has 0 unspecified atom stereocenters. The summed E-state index contributed by atoms with van der Waals surface area (Å²) in [5.74, 6) is 0. The first-order valence-electron chi connectivity index (χ1n) is 2.83. The van der Waals surface area contributed by atoms with Gasteiger partial charge in [-0.2, -0.15) is 4.98 Å². The third kappa shape index (κ3) is 1.25. The van der Waals surface area contributed by atoms with E-state index < -0.39 is 0 Å². The van der Waals surface area contributed by atoms with Crippen LogP contribution in [0.4, 0.5) is 6.01 Å². The lowest BCUT2D eigenvalue weighted by Gasteiger charge is -1.78. The number of nitrogens with zero attached hydrogens (tertiary/aromatic N) is 2. The number of hydrogen-bond donors (Lipinski definition) is 1. The lowest BCUT2D eigenvalue weighted by molar-refractivity contribution is 0.626. The lowest BCUT2D eigenvalue weighted by atomic mass is 10.5. The molecule has 0 aliphatic carbocycles. The number of aromatic nitrogens is 2. The molecule has 0 radical (unpaired) electrons. The molecule has 0 fully saturated rings. The van der Waals surface area contributed by atoms with Crippen molar-refractivity contribution in [3.05, 3.63) is 18.3 Å². The Hall–Kier alpha value is -1.29. The van der Waals surface area contributed by atoms with E-state index >= 15 is 0 Å². The number of fused-ring (bicyclic) bond motifs is 1. The molecule has 0 atom stereocenters. The van der Waals surface area contributed by atoms with Gasteiger partial charge in [0.1, 0.15) is 0 Å². The first kappa shape index (κ1) is 7.81. The largest absolute Gasteiger partial charge is 0.422 e. The molecule has 2 rings (SSSR count). The van der Waals surface area contributed by atoms with Gasteiger partial charge in [0.05, 0.1) is 0 Å². The molecule has 5 heteroatoms. The normalized spacial score (nSPS) is 9.45. The number of anilines is 1. The third-order valence-electron chi connectivity index (χ3n) is 1.18. The molecule has 0 aliphatic rings. The van der Waals surface area contributed by atoms with Gasteiger partial charge in [-0.3, -0.25) is 0 Å². The van der Waals surface area contributed by atoms with Crippen molar-refractivity contribution in [2.45, 2.75) is 0 Å². The predicted octanol–water partition coefficient (Wildman–Crippen LogP) is 1.23. The number of halogens is 1. The van der Waals surface area contributed by atoms with Gasteiger partial charge in [0, 0.05) is 6.20 Å². The van der Waals surface area contributed by atoms with E-state index in [0.29, 0.717) is 11.2 Å². The smallest absolute Gasteiger partial charge is 0.294 e. The maximum absolute atomic E-state index is 5.27. The molecule has 4 nitrogen and oxygen atoms in total. The molecule has 11 heavy (non-hydrogen) atoms. The zero-order chi connectivity index (χ0) is 6.97. The molecular weight excluding hydrogens is 166 g/mol. The van der Waals surface area contributed by atoms with Gasteiger partial charge in [0.2, 0.25) is 5.65 Å². The number of nitrogens with two attached hydrogens (primary N) is 1. The summed E-state index contributed by atoms with van der Waals surface area (Å²) in [6.45, 7) is 0. The van der Waals surface area contributed by atoms with Crippen LogP contribution in [0.2, 0.25) is 0 Å². The number of rotatable bonds is 0. The highest BCUT2D eigenvalue weighted by atomic mass is 35.5. The van der Waals surface area contributed by atoms with E-state index in [-0.39, 0.29) is 18.4 Å². The summed E-state index contributed by atoms with van der Waals surface area (Å²) in [6.07, 6.45) is 1.64. The van der Waals surface area contributed by atoms with Crippen LogP contribution >= 0.6 is 12.4 Å². The average Bonchev–Trinajstić information content (AvgIpc) is 2.27.